The third-order valence-electron chi connectivity index (χ3n) is 2.87. The fourth-order valence-corrected chi connectivity index (χ4v) is 2.24. The van der Waals surface area contributed by atoms with Gasteiger partial charge in [-0.25, -0.2) is 0 Å². The Balaban J connectivity index is 2.67. The zero-order valence-corrected chi connectivity index (χ0v) is 13.7. The van der Waals surface area contributed by atoms with E-state index in [2.05, 4.69) is 35.1 Å². The van der Waals surface area contributed by atoms with Gasteiger partial charge < -0.3 is 10.2 Å². The molecule has 110 valence electrons. The number of hydrogen-bond acceptors (Lipinski definition) is 2. The van der Waals surface area contributed by atoms with E-state index in [1.54, 1.807) is 0 Å². The number of hydrogen-bond donors (Lipinski definition) is 1. The van der Waals surface area contributed by atoms with Crippen LogP contribution >= 0.6 is 15.9 Å². The second-order valence-electron chi connectivity index (χ2n) is 5.09. The summed E-state index contributed by atoms with van der Waals surface area (Å²) >= 11 is 3.40. The topological polar surface area (TPSA) is 49.4 Å². The van der Waals surface area contributed by atoms with Gasteiger partial charge in [-0.05, 0) is 40.4 Å². The molecular weight excluding hydrogens is 320 g/mol. The van der Waals surface area contributed by atoms with Gasteiger partial charge in [-0.1, -0.05) is 26.0 Å². The molecule has 0 heterocycles. The summed E-state index contributed by atoms with van der Waals surface area (Å²) in [5, 5.41) is 2.84. The van der Waals surface area contributed by atoms with Gasteiger partial charge in [0.2, 0.25) is 11.8 Å². The molecule has 0 radical (unpaired) electrons. The number of amides is 2. The maximum atomic E-state index is 11.9. The molecule has 0 aliphatic heterocycles. The Kier molecular flexibility index (Phi) is 6.71. The Morgan fingerprint density at radius 2 is 1.95 bits per heavy atom. The standard InChI is InChI=1S/C15H21BrN2O2/c1-11(2)8-9-17-15(20)10-18(12(3)19)14-7-5-4-6-13(14)16/h4-7,11H,8-10H2,1-3H3,(H,17,20). The average Bonchev–Trinajstić information content (AvgIpc) is 2.36. The molecule has 1 rings (SSSR count). The number of halogens is 1. The molecule has 0 aliphatic carbocycles. The van der Waals surface area contributed by atoms with Crippen molar-refractivity contribution in [3.63, 3.8) is 0 Å². The van der Waals surface area contributed by atoms with Gasteiger partial charge in [-0.3, -0.25) is 9.59 Å². The molecule has 1 N–H and O–H groups in total. The molecule has 0 fully saturated rings. The molecule has 0 saturated heterocycles. The van der Waals surface area contributed by atoms with E-state index < -0.39 is 0 Å². The highest BCUT2D eigenvalue weighted by atomic mass is 79.9. The lowest BCUT2D eigenvalue weighted by molar-refractivity contribution is -0.123. The van der Waals surface area contributed by atoms with Crippen molar-refractivity contribution in [3.8, 4) is 0 Å². The zero-order valence-electron chi connectivity index (χ0n) is 12.1. The lowest BCUT2D eigenvalue weighted by Crippen LogP contribution is -2.40. The van der Waals surface area contributed by atoms with Crippen LogP contribution in [0.4, 0.5) is 5.69 Å². The second kappa shape index (κ2) is 8.04. The number of anilines is 1. The van der Waals surface area contributed by atoms with Crippen molar-refractivity contribution in [2.45, 2.75) is 27.2 Å². The Morgan fingerprint density at radius 3 is 2.50 bits per heavy atom. The Hall–Kier alpha value is -1.36. The van der Waals surface area contributed by atoms with Crippen LogP contribution in [-0.4, -0.2) is 24.9 Å². The fourth-order valence-electron chi connectivity index (χ4n) is 1.74. The third-order valence-corrected chi connectivity index (χ3v) is 3.54. The molecule has 0 spiro atoms. The Labute approximate surface area is 128 Å². The van der Waals surface area contributed by atoms with E-state index in [1.165, 1.54) is 11.8 Å². The minimum atomic E-state index is -0.157. The van der Waals surface area contributed by atoms with Crippen LogP contribution in [-0.2, 0) is 9.59 Å². The quantitative estimate of drug-likeness (QED) is 0.865. The summed E-state index contributed by atoms with van der Waals surface area (Å²) < 4.78 is 0.796. The SMILES string of the molecule is CC(=O)N(CC(=O)NCCC(C)C)c1ccccc1Br. The van der Waals surface area contributed by atoms with Gasteiger partial charge in [0.1, 0.15) is 6.54 Å². The molecule has 4 nitrogen and oxygen atoms in total. The first-order valence-corrected chi connectivity index (χ1v) is 7.50. The van der Waals surface area contributed by atoms with Crippen LogP contribution in [0.3, 0.4) is 0 Å². The average molecular weight is 341 g/mol. The summed E-state index contributed by atoms with van der Waals surface area (Å²) in [4.78, 5) is 25.1. The summed E-state index contributed by atoms with van der Waals surface area (Å²) in [5.41, 5.74) is 0.707. The first-order chi connectivity index (χ1) is 9.41. The number of carbonyl (C=O) groups is 2. The third kappa shape index (κ3) is 5.33. The molecule has 0 unspecified atom stereocenters. The van der Waals surface area contributed by atoms with Gasteiger partial charge in [0.05, 0.1) is 5.69 Å². The Morgan fingerprint density at radius 1 is 1.30 bits per heavy atom. The molecule has 0 saturated carbocycles. The smallest absolute Gasteiger partial charge is 0.240 e. The number of benzene rings is 1. The maximum absolute atomic E-state index is 11.9. The lowest BCUT2D eigenvalue weighted by atomic mass is 10.1. The van der Waals surface area contributed by atoms with Gasteiger partial charge in [-0.15, -0.1) is 0 Å². The molecule has 2 amide bonds. The first-order valence-electron chi connectivity index (χ1n) is 6.71. The summed E-state index contributed by atoms with van der Waals surface area (Å²) in [6.45, 7) is 6.35. The van der Waals surface area contributed by atoms with Gasteiger partial charge in [0.15, 0.2) is 0 Å². The second-order valence-corrected chi connectivity index (χ2v) is 5.94. The monoisotopic (exact) mass is 340 g/mol. The molecule has 0 atom stereocenters. The van der Waals surface area contributed by atoms with E-state index in [1.807, 2.05) is 24.3 Å². The predicted molar refractivity (Wildman–Crippen MR) is 84.6 cm³/mol. The molecule has 5 heteroatoms. The summed E-state index contributed by atoms with van der Waals surface area (Å²) in [6.07, 6.45) is 0.931. The van der Waals surface area contributed by atoms with Crippen molar-refractivity contribution in [2.24, 2.45) is 5.92 Å². The molecule has 0 bridgehead atoms. The first kappa shape index (κ1) is 16.7. The number of para-hydroxylation sites is 1. The van der Waals surface area contributed by atoms with Crippen molar-refractivity contribution >= 4 is 33.4 Å². The molecule has 1 aromatic carbocycles. The maximum Gasteiger partial charge on any atom is 0.240 e. The van der Waals surface area contributed by atoms with Crippen molar-refractivity contribution in [3.05, 3.63) is 28.7 Å². The van der Waals surface area contributed by atoms with E-state index in [0.717, 1.165) is 10.9 Å². The number of nitrogens with zero attached hydrogens (tertiary/aromatic N) is 1. The van der Waals surface area contributed by atoms with Crippen LogP contribution in [0.1, 0.15) is 27.2 Å². The van der Waals surface area contributed by atoms with Crippen molar-refractivity contribution in [2.75, 3.05) is 18.0 Å². The van der Waals surface area contributed by atoms with Gasteiger partial charge in [0.25, 0.3) is 0 Å². The molecule has 1 aromatic rings. The van der Waals surface area contributed by atoms with Crippen molar-refractivity contribution in [1.82, 2.24) is 5.32 Å². The van der Waals surface area contributed by atoms with E-state index >= 15 is 0 Å². The fraction of sp³-hybridized carbons (Fsp3) is 0.467. The van der Waals surface area contributed by atoms with E-state index in [0.29, 0.717) is 18.2 Å². The minimum Gasteiger partial charge on any atom is -0.355 e. The summed E-state index contributed by atoms with van der Waals surface area (Å²) in [5.74, 6) is 0.245. The van der Waals surface area contributed by atoms with E-state index in [-0.39, 0.29) is 18.4 Å². The molecular formula is C15H21BrN2O2. The summed E-state index contributed by atoms with van der Waals surface area (Å²) in [7, 11) is 0. The summed E-state index contributed by atoms with van der Waals surface area (Å²) in [6, 6.07) is 7.37. The normalized spacial score (nSPS) is 10.4. The number of rotatable bonds is 6. The molecule has 0 aromatic heterocycles. The largest absolute Gasteiger partial charge is 0.355 e. The van der Waals surface area contributed by atoms with E-state index in [9.17, 15) is 9.59 Å². The molecule has 0 aliphatic rings. The number of nitrogens with one attached hydrogen (secondary N) is 1. The van der Waals surface area contributed by atoms with Crippen LogP contribution in [0.15, 0.2) is 28.7 Å². The Bertz CT molecular complexity index is 475. The van der Waals surface area contributed by atoms with Crippen molar-refractivity contribution in [1.29, 1.82) is 0 Å². The number of carbonyl (C=O) groups excluding carboxylic acids is 2. The highest BCUT2D eigenvalue weighted by Gasteiger charge is 2.17. The van der Waals surface area contributed by atoms with Crippen LogP contribution in [0, 0.1) is 5.92 Å². The van der Waals surface area contributed by atoms with Gasteiger partial charge in [0, 0.05) is 17.9 Å². The van der Waals surface area contributed by atoms with Gasteiger partial charge in [-0.2, -0.15) is 0 Å². The van der Waals surface area contributed by atoms with Crippen molar-refractivity contribution < 1.29 is 9.59 Å². The van der Waals surface area contributed by atoms with Crippen LogP contribution < -0.4 is 10.2 Å². The van der Waals surface area contributed by atoms with E-state index in [4.69, 9.17) is 0 Å². The van der Waals surface area contributed by atoms with Crippen LogP contribution in [0.25, 0.3) is 0 Å². The van der Waals surface area contributed by atoms with Crippen LogP contribution in [0.2, 0.25) is 0 Å². The molecule has 20 heavy (non-hydrogen) atoms. The highest BCUT2D eigenvalue weighted by molar-refractivity contribution is 9.10. The highest BCUT2D eigenvalue weighted by Crippen LogP contribution is 2.25. The lowest BCUT2D eigenvalue weighted by Gasteiger charge is -2.22. The minimum absolute atomic E-state index is 0.0377. The van der Waals surface area contributed by atoms with Gasteiger partial charge >= 0.3 is 0 Å². The zero-order chi connectivity index (χ0) is 15.1. The predicted octanol–water partition coefficient (Wildman–Crippen LogP) is 2.96. The van der Waals surface area contributed by atoms with Crippen LogP contribution in [0.5, 0.6) is 0 Å².